The fraction of sp³-hybridized carbons (Fsp3) is 0.333. The molecule has 0 aliphatic heterocycles. The molecule has 9 heteroatoms. The van der Waals surface area contributed by atoms with E-state index in [9.17, 15) is 18.0 Å². The van der Waals surface area contributed by atoms with Crippen LogP contribution in [-0.4, -0.2) is 50.8 Å². The summed E-state index contributed by atoms with van der Waals surface area (Å²) in [5, 5.41) is 3.24. The van der Waals surface area contributed by atoms with Crippen molar-refractivity contribution in [3.63, 3.8) is 0 Å². The van der Waals surface area contributed by atoms with Crippen molar-refractivity contribution in [2.45, 2.75) is 51.0 Å². The number of unbranched alkanes of at least 4 members (excludes halogenated alkanes) is 1. The maximum absolute atomic E-state index is 13.9. The van der Waals surface area contributed by atoms with Gasteiger partial charge in [-0.25, -0.2) is 8.42 Å². The van der Waals surface area contributed by atoms with Crippen molar-refractivity contribution in [1.82, 2.24) is 10.2 Å². The van der Waals surface area contributed by atoms with Crippen LogP contribution >= 0.6 is 11.6 Å². The second kappa shape index (κ2) is 14.1. The van der Waals surface area contributed by atoms with Crippen LogP contribution in [0.5, 0.6) is 0 Å². The highest BCUT2D eigenvalue weighted by Gasteiger charge is 2.33. The van der Waals surface area contributed by atoms with Crippen LogP contribution in [0.1, 0.15) is 37.8 Å². The molecule has 3 aromatic carbocycles. The predicted molar refractivity (Wildman–Crippen MR) is 156 cm³/mol. The number of benzene rings is 3. The van der Waals surface area contributed by atoms with Crippen molar-refractivity contribution in [3.8, 4) is 0 Å². The molecule has 1 N–H and O–H groups in total. The van der Waals surface area contributed by atoms with Gasteiger partial charge in [0.15, 0.2) is 0 Å². The summed E-state index contributed by atoms with van der Waals surface area (Å²) < 4.78 is 28.8. The van der Waals surface area contributed by atoms with Gasteiger partial charge in [0.1, 0.15) is 12.6 Å². The fourth-order valence-corrected chi connectivity index (χ4v) is 5.85. The average Bonchev–Trinajstić information content (AvgIpc) is 2.94. The Morgan fingerprint density at radius 3 is 2.26 bits per heavy atom. The number of rotatable bonds is 13. The zero-order valence-corrected chi connectivity index (χ0v) is 24.2. The summed E-state index contributed by atoms with van der Waals surface area (Å²) in [4.78, 5) is 28.4. The lowest BCUT2D eigenvalue weighted by Crippen LogP contribution is -2.52. The lowest BCUT2D eigenvalue weighted by Gasteiger charge is -2.32. The molecule has 39 heavy (non-hydrogen) atoms. The molecule has 0 radical (unpaired) electrons. The van der Waals surface area contributed by atoms with E-state index in [0.717, 1.165) is 22.7 Å². The van der Waals surface area contributed by atoms with Crippen LogP contribution in [0.3, 0.4) is 0 Å². The first kappa shape index (κ1) is 30.2. The first-order valence-electron chi connectivity index (χ1n) is 13.1. The SMILES string of the molecule is CCCCNC(=O)[C@H](C)N(CCc1ccccc1)C(=O)CN(c1cc(Cl)ccc1C)S(=O)(=O)c1ccccc1. The molecule has 0 fully saturated rings. The number of anilines is 1. The van der Waals surface area contributed by atoms with E-state index in [-0.39, 0.29) is 17.3 Å². The zero-order valence-electron chi connectivity index (χ0n) is 22.6. The Kier molecular flexibility index (Phi) is 10.9. The first-order chi connectivity index (χ1) is 18.6. The second-order valence-electron chi connectivity index (χ2n) is 9.40. The highest BCUT2D eigenvalue weighted by atomic mass is 35.5. The Morgan fingerprint density at radius 2 is 1.62 bits per heavy atom. The average molecular weight is 570 g/mol. The van der Waals surface area contributed by atoms with Crippen molar-refractivity contribution in [2.24, 2.45) is 0 Å². The van der Waals surface area contributed by atoms with Crippen molar-refractivity contribution in [1.29, 1.82) is 0 Å². The van der Waals surface area contributed by atoms with Crippen molar-refractivity contribution in [2.75, 3.05) is 23.9 Å². The number of carbonyl (C=O) groups excluding carboxylic acids is 2. The smallest absolute Gasteiger partial charge is 0.264 e. The lowest BCUT2D eigenvalue weighted by atomic mass is 10.1. The predicted octanol–water partition coefficient (Wildman–Crippen LogP) is 5.22. The van der Waals surface area contributed by atoms with Crippen molar-refractivity contribution in [3.05, 3.63) is 95.0 Å². The van der Waals surface area contributed by atoms with Crippen LogP contribution in [0, 0.1) is 6.92 Å². The number of nitrogens with zero attached hydrogens (tertiary/aromatic N) is 2. The summed E-state index contributed by atoms with van der Waals surface area (Å²) in [6.45, 7) is 5.74. The molecule has 0 aromatic heterocycles. The Labute approximate surface area is 236 Å². The number of halogens is 1. The molecule has 0 saturated heterocycles. The molecule has 0 spiro atoms. The van der Waals surface area contributed by atoms with E-state index in [0.29, 0.717) is 29.2 Å². The minimum absolute atomic E-state index is 0.0540. The maximum atomic E-state index is 13.9. The molecule has 0 aliphatic rings. The zero-order chi connectivity index (χ0) is 28.4. The fourth-order valence-electron chi connectivity index (χ4n) is 4.19. The standard InChI is InChI=1S/C30H36ClN3O4S/c1-4-5-19-32-30(36)24(3)33(20-18-25-12-8-6-9-13-25)29(35)22-34(28-21-26(31)17-16-23(28)2)39(37,38)27-14-10-7-11-15-27/h6-17,21,24H,4-5,18-20,22H2,1-3H3,(H,32,36)/t24-/m0/s1. The van der Waals surface area contributed by atoms with E-state index in [4.69, 9.17) is 11.6 Å². The monoisotopic (exact) mass is 569 g/mol. The van der Waals surface area contributed by atoms with Gasteiger partial charge in [0, 0.05) is 18.1 Å². The van der Waals surface area contributed by atoms with Crippen LogP contribution in [-0.2, 0) is 26.0 Å². The van der Waals surface area contributed by atoms with Crippen LogP contribution in [0.15, 0.2) is 83.8 Å². The normalized spacial score (nSPS) is 12.0. The summed E-state index contributed by atoms with van der Waals surface area (Å²) >= 11 is 6.26. The van der Waals surface area contributed by atoms with Crippen LogP contribution in [0.2, 0.25) is 5.02 Å². The van der Waals surface area contributed by atoms with E-state index < -0.39 is 28.5 Å². The third-order valence-electron chi connectivity index (χ3n) is 6.53. The maximum Gasteiger partial charge on any atom is 0.264 e. The second-order valence-corrected chi connectivity index (χ2v) is 11.7. The topological polar surface area (TPSA) is 86.8 Å². The van der Waals surface area contributed by atoms with Gasteiger partial charge in [-0.15, -0.1) is 0 Å². The molecule has 0 unspecified atom stereocenters. The summed E-state index contributed by atoms with van der Waals surface area (Å²) in [6.07, 6.45) is 2.27. The lowest BCUT2D eigenvalue weighted by molar-refractivity contribution is -0.138. The molecular formula is C30H36ClN3O4S. The third kappa shape index (κ3) is 8.07. The Bertz CT molecular complexity index is 1350. The third-order valence-corrected chi connectivity index (χ3v) is 8.54. The number of amides is 2. The van der Waals surface area contributed by atoms with Gasteiger partial charge >= 0.3 is 0 Å². The van der Waals surface area contributed by atoms with Gasteiger partial charge in [-0.2, -0.15) is 0 Å². The first-order valence-corrected chi connectivity index (χ1v) is 14.9. The minimum atomic E-state index is -4.13. The highest BCUT2D eigenvalue weighted by Crippen LogP contribution is 2.29. The van der Waals surface area contributed by atoms with Gasteiger partial charge < -0.3 is 10.2 Å². The Hall–Kier alpha value is -3.36. The molecule has 0 heterocycles. The summed E-state index contributed by atoms with van der Waals surface area (Å²) in [7, 11) is -4.13. The summed E-state index contributed by atoms with van der Waals surface area (Å²) in [5.74, 6) is -0.760. The van der Waals surface area contributed by atoms with Crippen molar-refractivity contribution >= 4 is 39.1 Å². The molecule has 1 atom stereocenters. The highest BCUT2D eigenvalue weighted by molar-refractivity contribution is 7.92. The molecule has 3 rings (SSSR count). The molecule has 7 nitrogen and oxygen atoms in total. The number of hydrogen-bond acceptors (Lipinski definition) is 4. The van der Waals surface area contributed by atoms with Crippen LogP contribution in [0.25, 0.3) is 0 Å². The van der Waals surface area contributed by atoms with E-state index in [1.165, 1.54) is 17.0 Å². The Balaban J connectivity index is 1.97. The molecule has 0 aliphatic carbocycles. The van der Waals surface area contributed by atoms with Gasteiger partial charge in [-0.3, -0.25) is 13.9 Å². The van der Waals surface area contributed by atoms with E-state index in [1.54, 1.807) is 50.2 Å². The van der Waals surface area contributed by atoms with Crippen LogP contribution in [0.4, 0.5) is 5.69 Å². The molecule has 0 saturated carbocycles. The molecule has 0 bridgehead atoms. The number of aryl methyl sites for hydroxylation is 1. The van der Waals surface area contributed by atoms with E-state index >= 15 is 0 Å². The van der Waals surface area contributed by atoms with Crippen molar-refractivity contribution < 1.29 is 18.0 Å². The Morgan fingerprint density at radius 1 is 0.974 bits per heavy atom. The molecule has 208 valence electrons. The number of hydrogen-bond donors (Lipinski definition) is 1. The van der Waals surface area contributed by atoms with E-state index in [2.05, 4.69) is 5.32 Å². The largest absolute Gasteiger partial charge is 0.354 e. The summed E-state index contributed by atoms with van der Waals surface area (Å²) in [6, 6.07) is 21.8. The number of nitrogens with one attached hydrogen (secondary N) is 1. The van der Waals surface area contributed by atoms with Crippen LogP contribution < -0.4 is 9.62 Å². The molecule has 3 aromatic rings. The number of sulfonamides is 1. The van der Waals surface area contributed by atoms with Gasteiger partial charge in [-0.05, 0) is 62.1 Å². The number of carbonyl (C=O) groups is 2. The minimum Gasteiger partial charge on any atom is -0.354 e. The van der Waals surface area contributed by atoms with Gasteiger partial charge in [-0.1, -0.05) is 79.5 Å². The van der Waals surface area contributed by atoms with Gasteiger partial charge in [0.05, 0.1) is 10.6 Å². The van der Waals surface area contributed by atoms with Gasteiger partial charge in [0.25, 0.3) is 10.0 Å². The van der Waals surface area contributed by atoms with E-state index in [1.807, 2.05) is 37.3 Å². The molecular weight excluding hydrogens is 534 g/mol. The van der Waals surface area contributed by atoms with Gasteiger partial charge in [0.2, 0.25) is 11.8 Å². The quantitative estimate of drug-likeness (QED) is 0.286. The molecule has 2 amide bonds. The summed E-state index contributed by atoms with van der Waals surface area (Å²) in [5.41, 5.74) is 1.96.